The van der Waals surface area contributed by atoms with E-state index < -0.39 is 0 Å². The highest BCUT2D eigenvalue weighted by molar-refractivity contribution is 7.12. The number of rotatable bonds is 4. The number of thiophene rings is 1. The summed E-state index contributed by atoms with van der Waals surface area (Å²) in [5.74, 6) is 0.596. The predicted octanol–water partition coefficient (Wildman–Crippen LogP) is 2.86. The van der Waals surface area contributed by atoms with Gasteiger partial charge in [0.05, 0.1) is 4.88 Å². The van der Waals surface area contributed by atoms with E-state index in [9.17, 15) is 4.79 Å². The summed E-state index contributed by atoms with van der Waals surface area (Å²) in [6.45, 7) is 0.517. The third kappa shape index (κ3) is 2.66. The summed E-state index contributed by atoms with van der Waals surface area (Å²) in [7, 11) is 0. The quantitative estimate of drug-likeness (QED) is 0.794. The molecule has 0 radical (unpaired) electrons. The molecule has 0 aliphatic carbocycles. The number of hydrogen-bond acceptors (Lipinski definition) is 4. The lowest BCUT2D eigenvalue weighted by Crippen LogP contribution is -2.24. The van der Waals surface area contributed by atoms with Crippen LogP contribution in [0, 0.1) is 0 Å². The van der Waals surface area contributed by atoms with Gasteiger partial charge in [0.2, 0.25) is 0 Å². The van der Waals surface area contributed by atoms with Crippen molar-refractivity contribution in [3.63, 3.8) is 0 Å². The smallest absolute Gasteiger partial charge is 0.261 e. The Balaban J connectivity index is 1.59. The molecule has 1 aromatic carbocycles. The molecule has 0 saturated heterocycles. The topological polar surface area (TPSA) is 55.1 Å². The first-order valence-electron chi connectivity index (χ1n) is 5.99. The van der Waals surface area contributed by atoms with Gasteiger partial charge in [-0.15, -0.1) is 11.3 Å². The highest BCUT2D eigenvalue weighted by Gasteiger charge is 2.08. The van der Waals surface area contributed by atoms with Crippen molar-refractivity contribution in [3.8, 4) is 0 Å². The molecule has 1 N–H and O–H groups in total. The summed E-state index contributed by atoms with van der Waals surface area (Å²) in [5, 5.41) is 4.73. The molecule has 1 amide bonds. The lowest BCUT2D eigenvalue weighted by Gasteiger charge is -2.00. The van der Waals surface area contributed by atoms with E-state index in [1.807, 2.05) is 35.7 Å². The van der Waals surface area contributed by atoms with Gasteiger partial charge >= 0.3 is 0 Å². The SMILES string of the molecule is O=C(NCCc1nc2ccccc2o1)c1cccs1. The average Bonchev–Trinajstić information content (AvgIpc) is 3.07. The van der Waals surface area contributed by atoms with Gasteiger partial charge in [0, 0.05) is 13.0 Å². The molecule has 19 heavy (non-hydrogen) atoms. The van der Waals surface area contributed by atoms with E-state index in [-0.39, 0.29) is 5.91 Å². The summed E-state index contributed by atoms with van der Waals surface area (Å²) in [6, 6.07) is 11.3. The molecule has 3 rings (SSSR count). The third-order valence-corrected chi connectivity index (χ3v) is 3.58. The summed E-state index contributed by atoms with van der Waals surface area (Å²) < 4.78 is 5.58. The number of benzene rings is 1. The van der Waals surface area contributed by atoms with Gasteiger partial charge < -0.3 is 9.73 Å². The number of carbonyl (C=O) groups excluding carboxylic acids is 1. The lowest BCUT2D eigenvalue weighted by atomic mass is 10.3. The van der Waals surface area contributed by atoms with Crippen LogP contribution < -0.4 is 5.32 Å². The van der Waals surface area contributed by atoms with Crippen LogP contribution in [0.3, 0.4) is 0 Å². The molecule has 0 unspecified atom stereocenters. The van der Waals surface area contributed by atoms with E-state index in [0.717, 1.165) is 16.0 Å². The van der Waals surface area contributed by atoms with Gasteiger partial charge in [-0.1, -0.05) is 18.2 Å². The van der Waals surface area contributed by atoms with Gasteiger partial charge in [0.15, 0.2) is 11.5 Å². The van der Waals surface area contributed by atoms with Gasteiger partial charge in [-0.3, -0.25) is 4.79 Å². The van der Waals surface area contributed by atoms with Crippen molar-refractivity contribution in [2.75, 3.05) is 6.54 Å². The Bertz CT molecular complexity index is 655. The molecule has 0 fully saturated rings. The fourth-order valence-electron chi connectivity index (χ4n) is 1.80. The number of nitrogens with zero attached hydrogens (tertiary/aromatic N) is 1. The van der Waals surface area contributed by atoms with E-state index in [1.54, 1.807) is 6.07 Å². The van der Waals surface area contributed by atoms with Crippen molar-refractivity contribution >= 4 is 28.3 Å². The van der Waals surface area contributed by atoms with Crippen molar-refractivity contribution in [3.05, 3.63) is 52.5 Å². The van der Waals surface area contributed by atoms with Crippen molar-refractivity contribution in [2.45, 2.75) is 6.42 Å². The molecule has 2 aromatic heterocycles. The molecule has 4 nitrogen and oxygen atoms in total. The number of fused-ring (bicyclic) bond motifs is 1. The molecule has 5 heteroatoms. The minimum Gasteiger partial charge on any atom is -0.441 e. The first kappa shape index (κ1) is 11.9. The standard InChI is InChI=1S/C14H12N2O2S/c17-14(12-6-3-9-19-12)15-8-7-13-16-10-4-1-2-5-11(10)18-13/h1-6,9H,7-8H2,(H,15,17). The zero-order valence-electron chi connectivity index (χ0n) is 10.1. The van der Waals surface area contributed by atoms with Crippen molar-refractivity contribution in [2.24, 2.45) is 0 Å². The molecule has 3 aromatic rings. The predicted molar refractivity (Wildman–Crippen MR) is 74.4 cm³/mol. The van der Waals surface area contributed by atoms with Crippen LogP contribution in [0.2, 0.25) is 0 Å². The second kappa shape index (κ2) is 5.24. The minimum atomic E-state index is -0.0499. The second-order valence-corrected chi connectivity index (χ2v) is 5.01. The minimum absolute atomic E-state index is 0.0499. The average molecular weight is 272 g/mol. The summed E-state index contributed by atoms with van der Waals surface area (Å²) in [4.78, 5) is 16.8. The summed E-state index contributed by atoms with van der Waals surface area (Å²) >= 11 is 1.43. The molecule has 96 valence electrons. The Morgan fingerprint density at radius 1 is 1.26 bits per heavy atom. The van der Waals surface area contributed by atoms with Gasteiger partial charge in [-0.05, 0) is 23.6 Å². The molecule has 0 spiro atoms. The van der Waals surface area contributed by atoms with Crippen LogP contribution in [0.5, 0.6) is 0 Å². The van der Waals surface area contributed by atoms with Gasteiger partial charge in [0.1, 0.15) is 5.52 Å². The maximum atomic E-state index is 11.7. The largest absolute Gasteiger partial charge is 0.441 e. The maximum Gasteiger partial charge on any atom is 0.261 e. The van der Waals surface area contributed by atoms with Crippen LogP contribution in [-0.2, 0) is 6.42 Å². The first-order chi connectivity index (χ1) is 9.33. The van der Waals surface area contributed by atoms with Gasteiger partial charge in [-0.2, -0.15) is 0 Å². The molecule has 0 saturated carbocycles. The Kier molecular flexibility index (Phi) is 3.29. The van der Waals surface area contributed by atoms with Gasteiger partial charge in [0.25, 0.3) is 5.91 Å². The van der Waals surface area contributed by atoms with Crippen molar-refractivity contribution in [1.82, 2.24) is 10.3 Å². The van der Waals surface area contributed by atoms with Crippen LogP contribution in [-0.4, -0.2) is 17.4 Å². The molecule has 0 aliphatic heterocycles. The Hall–Kier alpha value is -2.14. The van der Waals surface area contributed by atoms with Crippen LogP contribution in [0.4, 0.5) is 0 Å². The molecule has 0 atom stereocenters. The number of oxazole rings is 1. The molecule has 0 aliphatic rings. The number of amides is 1. The monoisotopic (exact) mass is 272 g/mol. The van der Waals surface area contributed by atoms with Crippen molar-refractivity contribution < 1.29 is 9.21 Å². The fourth-order valence-corrected chi connectivity index (χ4v) is 2.44. The van der Waals surface area contributed by atoms with E-state index in [4.69, 9.17) is 4.42 Å². The number of nitrogens with one attached hydrogen (secondary N) is 1. The van der Waals surface area contributed by atoms with Crippen LogP contribution in [0.1, 0.15) is 15.6 Å². The third-order valence-electron chi connectivity index (χ3n) is 2.71. The van der Waals surface area contributed by atoms with Crippen LogP contribution >= 0.6 is 11.3 Å². The first-order valence-corrected chi connectivity index (χ1v) is 6.87. The zero-order valence-corrected chi connectivity index (χ0v) is 10.9. The molecular formula is C14H12N2O2S. The Morgan fingerprint density at radius 3 is 2.95 bits per heavy atom. The lowest BCUT2D eigenvalue weighted by molar-refractivity contribution is 0.0957. The van der Waals surface area contributed by atoms with Crippen LogP contribution in [0.15, 0.2) is 46.2 Å². The zero-order chi connectivity index (χ0) is 13.1. The number of carbonyl (C=O) groups is 1. The molecule has 2 heterocycles. The highest BCUT2D eigenvalue weighted by atomic mass is 32.1. The van der Waals surface area contributed by atoms with E-state index in [2.05, 4.69) is 10.3 Å². The van der Waals surface area contributed by atoms with E-state index in [0.29, 0.717) is 18.9 Å². The Labute approximate surface area is 114 Å². The van der Waals surface area contributed by atoms with Gasteiger partial charge in [-0.25, -0.2) is 4.98 Å². The van der Waals surface area contributed by atoms with Crippen LogP contribution in [0.25, 0.3) is 11.1 Å². The number of aromatic nitrogens is 1. The number of hydrogen-bond donors (Lipinski definition) is 1. The fraction of sp³-hybridized carbons (Fsp3) is 0.143. The van der Waals surface area contributed by atoms with Crippen molar-refractivity contribution in [1.29, 1.82) is 0 Å². The molecular weight excluding hydrogens is 260 g/mol. The number of para-hydroxylation sites is 2. The van der Waals surface area contributed by atoms with E-state index >= 15 is 0 Å². The molecule has 0 bridgehead atoms. The summed E-state index contributed by atoms with van der Waals surface area (Å²) in [6.07, 6.45) is 0.589. The highest BCUT2D eigenvalue weighted by Crippen LogP contribution is 2.14. The Morgan fingerprint density at radius 2 is 2.16 bits per heavy atom. The second-order valence-electron chi connectivity index (χ2n) is 4.06. The van der Waals surface area contributed by atoms with E-state index in [1.165, 1.54) is 11.3 Å². The maximum absolute atomic E-state index is 11.7. The normalized spacial score (nSPS) is 10.7. The summed E-state index contributed by atoms with van der Waals surface area (Å²) in [5.41, 5.74) is 1.63.